The van der Waals surface area contributed by atoms with Gasteiger partial charge in [0.25, 0.3) is 0 Å². The predicted octanol–water partition coefficient (Wildman–Crippen LogP) is 3.15. The summed E-state index contributed by atoms with van der Waals surface area (Å²) in [5.41, 5.74) is 3.03. The van der Waals surface area contributed by atoms with Gasteiger partial charge in [0.15, 0.2) is 0 Å². The molecule has 9 heteroatoms. The van der Waals surface area contributed by atoms with Crippen LogP contribution in [0.3, 0.4) is 0 Å². The van der Waals surface area contributed by atoms with Gasteiger partial charge < -0.3 is 29.2 Å². The monoisotopic (exact) mass is 480 g/mol. The quantitative estimate of drug-likeness (QED) is 0.593. The normalized spacial score (nSPS) is 24.5. The molecule has 2 aromatic heterocycles. The van der Waals surface area contributed by atoms with E-state index in [0.717, 1.165) is 27.9 Å². The maximum Gasteiger partial charge on any atom is 0.410 e. The van der Waals surface area contributed by atoms with Crippen molar-refractivity contribution in [2.45, 2.75) is 77.0 Å². The number of ether oxygens (including phenoxy) is 2. The molecule has 0 spiro atoms. The Kier molecular flexibility index (Phi) is 5.93. The summed E-state index contributed by atoms with van der Waals surface area (Å²) in [6.07, 6.45) is 1.44. The lowest BCUT2D eigenvalue weighted by Gasteiger charge is -2.32. The molecule has 0 bridgehead atoms. The number of hydrogen-bond donors (Lipinski definition) is 2. The third-order valence-electron chi connectivity index (χ3n) is 6.82. The van der Waals surface area contributed by atoms with Crippen LogP contribution in [0.25, 0.3) is 11.0 Å². The van der Waals surface area contributed by atoms with Crippen molar-refractivity contribution in [3.63, 3.8) is 0 Å². The molecule has 4 atom stereocenters. The van der Waals surface area contributed by atoms with Crippen molar-refractivity contribution in [1.29, 1.82) is 0 Å². The topological polar surface area (TPSA) is 110 Å². The minimum Gasteiger partial charge on any atom is -0.487 e. The molecule has 3 heterocycles. The van der Waals surface area contributed by atoms with Gasteiger partial charge in [0.05, 0.1) is 18.3 Å². The van der Waals surface area contributed by atoms with Gasteiger partial charge in [-0.25, -0.2) is 14.8 Å². The molecule has 5 rings (SSSR count). The fourth-order valence-electron chi connectivity index (χ4n) is 5.03. The maximum atomic E-state index is 12.7. The van der Waals surface area contributed by atoms with Gasteiger partial charge in [-0.3, -0.25) is 0 Å². The first kappa shape index (κ1) is 23.6. The zero-order chi connectivity index (χ0) is 24.9. The second kappa shape index (κ2) is 8.80. The molecule has 35 heavy (non-hydrogen) atoms. The van der Waals surface area contributed by atoms with Crippen molar-refractivity contribution in [3.05, 3.63) is 53.6 Å². The third kappa shape index (κ3) is 4.46. The number of carbonyl (C=O) groups excluding carboxylic acids is 1. The number of rotatable bonds is 3. The number of carbonyl (C=O) groups is 1. The molecule has 1 aromatic carbocycles. The summed E-state index contributed by atoms with van der Waals surface area (Å²) in [5.74, 6) is 0.614. The summed E-state index contributed by atoms with van der Waals surface area (Å²) in [5, 5.41) is 22.7. The van der Waals surface area contributed by atoms with Gasteiger partial charge in [-0.1, -0.05) is 12.1 Å². The van der Waals surface area contributed by atoms with E-state index in [1.54, 1.807) is 4.90 Å². The molecule has 3 aromatic rings. The summed E-state index contributed by atoms with van der Waals surface area (Å²) in [6.45, 7) is 8.40. The predicted molar refractivity (Wildman–Crippen MR) is 129 cm³/mol. The lowest BCUT2D eigenvalue weighted by Crippen LogP contribution is -2.40. The Morgan fingerprint density at radius 1 is 1.14 bits per heavy atom. The minimum atomic E-state index is -1.07. The molecule has 1 fully saturated rings. The number of benzene rings is 1. The second-order valence-electron chi connectivity index (χ2n) is 10.4. The van der Waals surface area contributed by atoms with Crippen LogP contribution in [0.15, 0.2) is 36.8 Å². The van der Waals surface area contributed by atoms with E-state index in [1.807, 2.05) is 62.7 Å². The summed E-state index contributed by atoms with van der Waals surface area (Å²) in [7, 11) is 0. The number of amides is 1. The number of nitrogens with zero attached hydrogens (tertiary/aromatic N) is 4. The molecule has 1 saturated carbocycles. The molecule has 0 saturated heterocycles. The van der Waals surface area contributed by atoms with Crippen molar-refractivity contribution in [3.8, 4) is 5.75 Å². The van der Waals surface area contributed by atoms with Gasteiger partial charge in [0.2, 0.25) is 0 Å². The van der Waals surface area contributed by atoms with Crippen LogP contribution in [0, 0.1) is 6.92 Å². The van der Waals surface area contributed by atoms with Crippen LogP contribution < -0.4 is 4.74 Å². The van der Waals surface area contributed by atoms with E-state index in [9.17, 15) is 15.0 Å². The summed E-state index contributed by atoms with van der Waals surface area (Å²) in [4.78, 5) is 23.0. The van der Waals surface area contributed by atoms with Crippen LogP contribution in [-0.4, -0.2) is 66.2 Å². The highest BCUT2D eigenvalue weighted by Gasteiger charge is 2.44. The van der Waals surface area contributed by atoms with Crippen LogP contribution in [0.1, 0.15) is 50.1 Å². The molecule has 2 aliphatic rings. The van der Waals surface area contributed by atoms with E-state index >= 15 is 0 Å². The second-order valence-corrected chi connectivity index (χ2v) is 10.4. The van der Waals surface area contributed by atoms with Gasteiger partial charge in [-0.2, -0.15) is 0 Å². The Morgan fingerprint density at radius 3 is 2.71 bits per heavy atom. The first-order valence-electron chi connectivity index (χ1n) is 12.0. The molecule has 1 amide bonds. The molecule has 9 nitrogen and oxygen atoms in total. The number of fused-ring (bicyclic) bond motifs is 2. The van der Waals surface area contributed by atoms with Crippen LogP contribution in [0.4, 0.5) is 4.79 Å². The highest BCUT2D eigenvalue weighted by molar-refractivity contribution is 5.78. The third-order valence-corrected chi connectivity index (χ3v) is 6.82. The van der Waals surface area contributed by atoms with Crippen molar-refractivity contribution in [2.24, 2.45) is 0 Å². The molecular weight excluding hydrogens is 448 g/mol. The average molecular weight is 481 g/mol. The van der Waals surface area contributed by atoms with Crippen molar-refractivity contribution in [1.82, 2.24) is 19.4 Å². The Labute approximate surface area is 204 Å². The zero-order valence-electron chi connectivity index (χ0n) is 20.5. The van der Waals surface area contributed by atoms with E-state index in [0.29, 0.717) is 31.7 Å². The smallest absolute Gasteiger partial charge is 0.410 e. The number of aliphatic hydroxyl groups is 2. The number of hydrogen-bond acceptors (Lipinski definition) is 7. The van der Waals surface area contributed by atoms with E-state index in [-0.39, 0.29) is 12.1 Å². The van der Waals surface area contributed by atoms with Crippen molar-refractivity contribution in [2.75, 3.05) is 6.54 Å². The molecule has 1 unspecified atom stereocenters. The van der Waals surface area contributed by atoms with Gasteiger partial charge in [-0.05, 0) is 51.8 Å². The van der Waals surface area contributed by atoms with Crippen LogP contribution in [0.5, 0.6) is 5.75 Å². The Hall–Kier alpha value is -3.17. The summed E-state index contributed by atoms with van der Waals surface area (Å²) in [6, 6.07) is 7.35. The average Bonchev–Trinajstić information content (AvgIpc) is 3.35. The van der Waals surface area contributed by atoms with Crippen molar-refractivity contribution >= 4 is 17.1 Å². The van der Waals surface area contributed by atoms with E-state index in [4.69, 9.17) is 9.47 Å². The lowest BCUT2D eigenvalue weighted by molar-refractivity contribution is -0.0169. The minimum absolute atomic E-state index is 0.355. The highest BCUT2D eigenvalue weighted by atomic mass is 16.6. The van der Waals surface area contributed by atoms with Gasteiger partial charge in [-0.15, -0.1) is 0 Å². The number of aryl methyl sites for hydroxylation is 1. The molecule has 0 radical (unpaired) electrons. The van der Waals surface area contributed by atoms with Gasteiger partial charge in [0.1, 0.15) is 41.6 Å². The zero-order valence-corrected chi connectivity index (χ0v) is 20.5. The Bertz CT molecular complexity index is 1250. The first-order valence-corrected chi connectivity index (χ1v) is 12.0. The fraction of sp³-hybridized carbons (Fsp3) is 0.500. The molecular formula is C26H32N4O5. The summed E-state index contributed by atoms with van der Waals surface area (Å²) >= 11 is 0. The van der Waals surface area contributed by atoms with Gasteiger partial charge >= 0.3 is 6.09 Å². The Balaban J connectivity index is 1.37. The Morgan fingerprint density at radius 2 is 1.94 bits per heavy atom. The molecule has 2 N–H and O–H groups in total. The van der Waals surface area contributed by atoms with Gasteiger partial charge in [0, 0.05) is 30.1 Å². The van der Waals surface area contributed by atoms with Crippen LogP contribution in [-0.2, 0) is 17.7 Å². The first-order chi connectivity index (χ1) is 16.6. The number of aliphatic hydroxyl groups excluding tert-OH is 2. The van der Waals surface area contributed by atoms with Crippen LogP contribution >= 0.6 is 0 Å². The largest absolute Gasteiger partial charge is 0.487 e. The van der Waals surface area contributed by atoms with E-state index in [1.165, 1.54) is 6.33 Å². The molecule has 186 valence electrons. The SMILES string of the molecule is Cc1ncnc2c1ccn2[C@@H]1CC(Oc2cccc3c2CN(C(=O)OC(C)(C)C)CC3)[C@@H](O)[C@H]1O. The molecule has 1 aliphatic carbocycles. The van der Waals surface area contributed by atoms with Crippen molar-refractivity contribution < 1.29 is 24.5 Å². The fourth-order valence-corrected chi connectivity index (χ4v) is 5.03. The van der Waals surface area contributed by atoms with E-state index < -0.39 is 23.9 Å². The maximum absolute atomic E-state index is 12.7. The molecule has 1 aliphatic heterocycles. The van der Waals surface area contributed by atoms with Crippen LogP contribution in [0.2, 0.25) is 0 Å². The number of aromatic nitrogens is 3. The standard InChI is InChI=1S/C26H32N4O5/c1-15-17-9-11-30(24(17)28-14-27-15)19-12-21(23(32)22(19)31)34-20-7-5-6-16-8-10-29(13-18(16)20)25(33)35-26(2,3)4/h5-7,9,11,14,19,21-23,31-32H,8,10,12-13H2,1-4H3/t19-,21?,22+,23-/m1/s1. The summed E-state index contributed by atoms with van der Waals surface area (Å²) < 4.78 is 13.8. The van der Waals surface area contributed by atoms with E-state index in [2.05, 4.69) is 9.97 Å². The highest BCUT2D eigenvalue weighted by Crippen LogP contribution is 2.38. The lowest BCUT2D eigenvalue weighted by atomic mass is 9.99.